The lowest BCUT2D eigenvalue weighted by Gasteiger charge is -2.20. The molecule has 1 atom stereocenters. The molecule has 0 spiro atoms. The van der Waals surface area contributed by atoms with Gasteiger partial charge in [0.15, 0.2) is 17.5 Å². The number of carboxylic acids is 1. The van der Waals surface area contributed by atoms with Gasteiger partial charge in [-0.25, -0.2) is 4.79 Å². The maximum atomic E-state index is 11.3. The highest BCUT2D eigenvalue weighted by atomic mass is 16.5. The quantitative estimate of drug-likeness (QED) is 0.704. The topological polar surface area (TPSA) is 80.6 Å². The number of fused-ring (bicyclic) bond motifs is 1. The maximum absolute atomic E-state index is 11.3. The summed E-state index contributed by atoms with van der Waals surface area (Å²) >= 11 is 0. The molecule has 80 valence electrons. The molecule has 2 rings (SSSR count). The number of carboxylic acid groups (broad SMARTS) is 1. The molecule has 0 aliphatic carbocycles. The molecule has 0 fully saturated rings. The first kappa shape index (κ1) is 9.57. The Bertz CT molecular complexity index is 449. The minimum atomic E-state index is -1.08. The van der Waals surface area contributed by atoms with Crippen LogP contribution in [0.1, 0.15) is 17.4 Å². The van der Waals surface area contributed by atoms with Crippen molar-refractivity contribution in [2.45, 2.75) is 13.0 Å². The van der Waals surface area contributed by atoms with Crippen LogP contribution < -0.4 is 10.1 Å². The highest BCUT2D eigenvalue weighted by Gasteiger charge is 2.30. The Morgan fingerprint density at radius 1 is 1.67 bits per heavy atom. The normalized spacial score (nSPS) is 19.1. The van der Waals surface area contributed by atoms with Crippen molar-refractivity contribution in [1.29, 1.82) is 0 Å². The Hall–Kier alpha value is -1.98. The van der Waals surface area contributed by atoms with Crippen molar-refractivity contribution in [2.24, 2.45) is 7.05 Å². The van der Waals surface area contributed by atoms with Gasteiger partial charge in [0.25, 0.3) is 5.91 Å². The number of hydrogen-bond acceptors (Lipinski definition) is 3. The van der Waals surface area contributed by atoms with E-state index in [1.807, 2.05) is 0 Å². The van der Waals surface area contributed by atoms with E-state index in [4.69, 9.17) is 9.84 Å². The molecular formula is C9H10N2O4. The van der Waals surface area contributed by atoms with Crippen molar-refractivity contribution < 1.29 is 19.4 Å². The van der Waals surface area contributed by atoms with Crippen molar-refractivity contribution in [1.82, 2.24) is 4.57 Å². The van der Waals surface area contributed by atoms with Crippen LogP contribution in [0.4, 0.5) is 5.69 Å². The minimum absolute atomic E-state index is 0.0388. The summed E-state index contributed by atoms with van der Waals surface area (Å²) < 4.78 is 6.65. The Labute approximate surface area is 85.5 Å². The van der Waals surface area contributed by atoms with E-state index in [0.717, 1.165) is 0 Å². The second-order valence-electron chi connectivity index (χ2n) is 3.39. The second-order valence-corrected chi connectivity index (χ2v) is 3.39. The van der Waals surface area contributed by atoms with Gasteiger partial charge >= 0.3 is 5.97 Å². The molecule has 2 heterocycles. The zero-order chi connectivity index (χ0) is 11.2. The third kappa shape index (κ3) is 1.34. The number of nitrogens with one attached hydrogen (secondary N) is 1. The molecule has 6 nitrogen and oxygen atoms in total. The van der Waals surface area contributed by atoms with Crippen LogP contribution in [0.25, 0.3) is 0 Å². The lowest BCUT2D eigenvalue weighted by atomic mass is 10.2. The monoisotopic (exact) mass is 210 g/mol. The van der Waals surface area contributed by atoms with Gasteiger partial charge in [-0.2, -0.15) is 0 Å². The van der Waals surface area contributed by atoms with Crippen LogP contribution in [0.3, 0.4) is 0 Å². The third-order valence-electron chi connectivity index (χ3n) is 2.26. The molecule has 15 heavy (non-hydrogen) atoms. The fourth-order valence-corrected chi connectivity index (χ4v) is 1.53. The molecule has 0 bridgehead atoms. The number of rotatable bonds is 1. The molecule has 0 aromatic carbocycles. The number of carbonyl (C=O) groups is 2. The van der Waals surface area contributed by atoms with Crippen molar-refractivity contribution >= 4 is 17.6 Å². The number of carbonyl (C=O) groups excluding carboxylic acids is 1. The van der Waals surface area contributed by atoms with E-state index in [9.17, 15) is 9.59 Å². The first-order valence-corrected chi connectivity index (χ1v) is 4.41. The maximum Gasteiger partial charge on any atom is 0.356 e. The van der Waals surface area contributed by atoms with Gasteiger partial charge in [0.05, 0.1) is 0 Å². The van der Waals surface area contributed by atoms with Crippen LogP contribution in [0.5, 0.6) is 5.75 Å². The molecule has 2 N–H and O–H groups in total. The summed E-state index contributed by atoms with van der Waals surface area (Å²) in [5.74, 6) is -1.13. The Kier molecular flexibility index (Phi) is 1.92. The molecule has 1 aliphatic rings. The van der Waals surface area contributed by atoms with E-state index in [0.29, 0.717) is 5.69 Å². The summed E-state index contributed by atoms with van der Waals surface area (Å²) in [7, 11) is 1.59. The van der Waals surface area contributed by atoms with Crippen molar-refractivity contribution in [3.05, 3.63) is 11.9 Å². The average Bonchev–Trinajstić information content (AvgIpc) is 2.41. The van der Waals surface area contributed by atoms with Gasteiger partial charge in [-0.1, -0.05) is 0 Å². The van der Waals surface area contributed by atoms with Crippen molar-refractivity contribution in [3.63, 3.8) is 0 Å². The molecule has 6 heteroatoms. The number of aromatic carboxylic acids is 1. The summed E-state index contributed by atoms with van der Waals surface area (Å²) in [6.45, 7) is 1.57. The van der Waals surface area contributed by atoms with Gasteiger partial charge in [-0.15, -0.1) is 0 Å². The number of hydrogen-bond donors (Lipinski definition) is 2. The third-order valence-corrected chi connectivity index (χ3v) is 2.26. The van der Waals surface area contributed by atoms with Crippen molar-refractivity contribution in [2.75, 3.05) is 5.32 Å². The summed E-state index contributed by atoms with van der Waals surface area (Å²) in [6, 6.07) is 0. The van der Waals surface area contributed by atoms with E-state index in [2.05, 4.69) is 5.32 Å². The van der Waals surface area contributed by atoms with Gasteiger partial charge in [0.2, 0.25) is 0 Å². The van der Waals surface area contributed by atoms with E-state index in [-0.39, 0.29) is 17.4 Å². The Morgan fingerprint density at radius 3 is 2.93 bits per heavy atom. The standard InChI is InChI=1S/C9H10N2O4/c1-4-8(12)10-5-3-11(2)6(9(13)14)7(5)15-4/h3-4H,1-2H3,(H,10,12)(H,13,14). The fourth-order valence-electron chi connectivity index (χ4n) is 1.53. The minimum Gasteiger partial charge on any atom is -0.476 e. The van der Waals surface area contributed by atoms with Crippen LogP contribution in [0.2, 0.25) is 0 Å². The lowest BCUT2D eigenvalue weighted by Crippen LogP contribution is -2.34. The number of aromatic nitrogens is 1. The van der Waals surface area contributed by atoms with E-state index < -0.39 is 12.1 Å². The molecule has 1 aromatic heterocycles. The molecule has 1 unspecified atom stereocenters. The SMILES string of the molecule is CC1Oc2c(cn(C)c2C(=O)O)NC1=O. The average molecular weight is 210 g/mol. The van der Waals surface area contributed by atoms with Gasteiger partial charge in [0, 0.05) is 13.2 Å². The summed E-state index contributed by atoms with van der Waals surface area (Å²) in [5, 5.41) is 11.5. The predicted molar refractivity (Wildman–Crippen MR) is 51.1 cm³/mol. The van der Waals surface area contributed by atoms with Crippen LogP contribution in [0.15, 0.2) is 6.20 Å². The number of aryl methyl sites for hydroxylation is 1. The smallest absolute Gasteiger partial charge is 0.356 e. The second kappa shape index (κ2) is 3.01. The van der Waals surface area contributed by atoms with Gasteiger partial charge in [-0.3, -0.25) is 4.79 Å². The zero-order valence-corrected chi connectivity index (χ0v) is 8.27. The van der Waals surface area contributed by atoms with E-state index in [1.165, 1.54) is 10.8 Å². The highest BCUT2D eigenvalue weighted by molar-refractivity contribution is 6.01. The highest BCUT2D eigenvalue weighted by Crippen LogP contribution is 2.34. The molecule has 0 saturated carbocycles. The largest absolute Gasteiger partial charge is 0.476 e. The number of amides is 1. The first-order chi connectivity index (χ1) is 7.00. The number of ether oxygens (including phenoxy) is 1. The Balaban J connectivity index is 2.54. The van der Waals surface area contributed by atoms with Crippen LogP contribution in [-0.4, -0.2) is 27.7 Å². The van der Waals surface area contributed by atoms with Gasteiger partial charge < -0.3 is 19.7 Å². The number of nitrogens with zero attached hydrogens (tertiary/aromatic N) is 1. The van der Waals surface area contributed by atoms with Gasteiger partial charge in [0.1, 0.15) is 5.69 Å². The number of anilines is 1. The van der Waals surface area contributed by atoms with E-state index >= 15 is 0 Å². The van der Waals surface area contributed by atoms with Crippen LogP contribution in [-0.2, 0) is 11.8 Å². The van der Waals surface area contributed by atoms with Gasteiger partial charge in [-0.05, 0) is 6.92 Å². The molecule has 1 aromatic rings. The summed E-state index contributed by atoms with van der Waals surface area (Å²) in [5.41, 5.74) is 0.440. The summed E-state index contributed by atoms with van der Waals surface area (Å²) in [6.07, 6.45) is 0.848. The first-order valence-electron chi connectivity index (χ1n) is 4.41. The van der Waals surface area contributed by atoms with Crippen molar-refractivity contribution in [3.8, 4) is 5.75 Å². The van der Waals surface area contributed by atoms with Crippen LogP contribution >= 0.6 is 0 Å². The lowest BCUT2D eigenvalue weighted by molar-refractivity contribution is -0.122. The Morgan fingerprint density at radius 2 is 2.33 bits per heavy atom. The molecule has 1 aliphatic heterocycles. The molecule has 0 saturated heterocycles. The summed E-state index contributed by atoms with van der Waals surface area (Å²) in [4.78, 5) is 22.2. The predicted octanol–water partition coefficient (Wildman–Crippen LogP) is 0.443. The molecular weight excluding hydrogens is 200 g/mol. The fraction of sp³-hybridized carbons (Fsp3) is 0.333. The van der Waals surface area contributed by atoms with E-state index in [1.54, 1.807) is 14.0 Å². The molecule has 1 amide bonds. The van der Waals surface area contributed by atoms with Crippen LogP contribution in [0, 0.1) is 0 Å². The zero-order valence-electron chi connectivity index (χ0n) is 8.27. The molecule has 0 radical (unpaired) electrons.